The van der Waals surface area contributed by atoms with Gasteiger partial charge in [0, 0.05) is 4.70 Å². The molecule has 1 heterocycles. The van der Waals surface area contributed by atoms with Crippen molar-refractivity contribution in [3.8, 4) is 5.75 Å². The van der Waals surface area contributed by atoms with Crippen molar-refractivity contribution in [2.45, 2.75) is 12.9 Å². The first-order valence-electron chi connectivity index (χ1n) is 7.95. The Morgan fingerprint density at radius 2 is 1.75 bits per heavy atom. The molecule has 0 bridgehead atoms. The van der Waals surface area contributed by atoms with Crippen LogP contribution in [-0.4, -0.2) is 26.8 Å². The number of anilines is 1. The molecule has 0 N–H and O–H groups in total. The van der Waals surface area contributed by atoms with Gasteiger partial charge in [-0.1, -0.05) is 30.3 Å². The molecule has 0 aliphatic rings. The minimum atomic E-state index is -4.81. The van der Waals surface area contributed by atoms with Crippen LogP contribution in [0.25, 0.3) is 10.1 Å². The van der Waals surface area contributed by atoms with Gasteiger partial charge in [-0.3, -0.25) is 4.31 Å². The standard InChI is InChI=1S/C18H14F3NO4S2/c19-18(20,21)26-15-7-5-13(6-8-15)12-22(28(24,25)10-9-23)17-11-14-3-1-2-4-16(14)27-17/h1-9,11H,10,12H2. The first-order valence-corrected chi connectivity index (χ1v) is 10.4. The van der Waals surface area contributed by atoms with Gasteiger partial charge < -0.3 is 9.53 Å². The summed E-state index contributed by atoms with van der Waals surface area (Å²) in [4.78, 5) is 10.8. The van der Waals surface area contributed by atoms with E-state index in [-0.39, 0.29) is 6.54 Å². The molecular weight excluding hydrogens is 415 g/mol. The van der Waals surface area contributed by atoms with Crippen LogP contribution in [0.5, 0.6) is 5.75 Å². The molecule has 148 valence electrons. The Labute approximate surface area is 163 Å². The Morgan fingerprint density at radius 3 is 2.36 bits per heavy atom. The third-order valence-corrected chi connectivity index (χ3v) is 6.57. The number of carbonyl (C=O) groups excluding carboxylic acids is 1. The van der Waals surface area contributed by atoms with Crippen molar-refractivity contribution in [3.05, 3.63) is 60.2 Å². The van der Waals surface area contributed by atoms with E-state index in [0.717, 1.165) is 26.5 Å². The first kappa shape index (κ1) is 20.2. The number of fused-ring (bicyclic) bond motifs is 1. The van der Waals surface area contributed by atoms with Gasteiger partial charge in [-0.05, 0) is 35.2 Å². The maximum absolute atomic E-state index is 12.6. The van der Waals surface area contributed by atoms with Crippen molar-refractivity contribution < 1.29 is 31.1 Å². The number of halogens is 3. The average molecular weight is 429 g/mol. The summed E-state index contributed by atoms with van der Waals surface area (Å²) in [5.41, 5.74) is 0.446. The summed E-state index contributed by atoms with van der Waals surface area (Å²) >= 11 is 1.25. The summed E-state index contributed by atoms with van der Waals surface area (Å²) in [6.45, 7) is -0.130. The first-order chi connectivity index (χ1) is 13.2. The fourth-order valence-electron chi connectivity index (χ4n) is 2.54. The number of ether oxygens (including phenoxy) is 1. The largest absolute Gasteiger partial charge is 0.573 e. The highest BCUT2D eigenvalue weighted by atomic mass is 32.2. The van der Waals surface area contributed by atoms with Gasteiger partial charge in [0.2, 0.25) is 10.0 Å². The van der Waals surface area contributed by atoms with Gasteiger partial charge in [-0.15, -0.1) is 24.5 Å². The molecule has 10 heteroatoms. The van der Waals surface area contributed by atoms with Crippen LogP contribution in [0.1, 0.15) is 5.56 Å². The number of nitrogens with zero attached hydrogens (tertiary/aromatic N) is 1. The second-order valence-electron chi connectivity index (χ2n) is 5.77. The highest BCUT2D eigenvalue weighted by Gasteiger charge is 2.31. The molecule has 0 spiro atoms. The van der Waals surface area contributed by atoms with Crippen LogP contribution < -0.4 is 9.04 Å². The van der Waals surface area contributed by atoms with Gasteiger partial charge in [-0.25, -0.2) is 8.42 Å². The fourth-order valence-corrected chi connectivity index (χ4v) is 4.99. The van der Waals surface area contributed by atoms with Gasteiger partial charge in [0.25, 0.3) is 0 Å². The zero-order chi connectivity index (χ0) is 20.4. The van der Waals surface area contributed by atoms with Gasteiger partial charge in [0.1, 0.15) is 22.8 Å². The number of aldehydes is 1. The molecule has 0 saturated heterocycles. The topological polar surface area (TPSA) is 63.7 Å². The summed E-state index contributed by atoms with van der Waals surface area (Å²) < 4.78 is 67.8. The van der Waals surface area contributed by atoms with Gasteiger partial charge in [0.15, 0.2) is 0 Å². The number of alkyl halides is 3. The number of hydrogen-bond acceptors (Lipinski definition) is 5. The third kappa shape index (κ3) is 4.82. The van der Waals surface area contributed by atoms with Crippen molar-refractivity contribution >= 4 is 42.7 Å². The van der Waals surface area contributed by atoms with Crippen LogP contribution >= 0.6 is 11.3 Å². The zero-order valence-corrected chi connectivity index (χ0v) is 15.9. The molecule has 0 radical (unpaired) electrons. The molecule has 5 nitrogen and oxygen atoms in total. The molecule has 0 atom stereocenters. The lowest BCUT2D eigenvalue weighted by Crippen LogP contribution is -2.32. The van der Waals surface area contributed by atoms with E-state index in [1.165, 1.54) is 23.5 Å². The molecule has 0 aliphatic carbocycles. The summed E-state index contributed by atoms with van der Waals surface area (Å²) in [7, 11) is -3.95. The zero-order valence-electron chi connectivity index (χ0n) is 14.2. The fraction of sp³-hybridized carbons (Fsp3) is 0.167. The summed E-state index contributed by atoms with van der Waals surface area (Å²) in [5, 5.41) is 1.27. The average Bonchev–Trinajstić information content (AvgIpc) is 3.03. The highest BCUT2D eigenvalue weighted by Crippen LogP contribution is 2.35. The Morgan fingerprint density at radius 1 is 1.07 bits per heavy atom. The number of rotatable bonds is 7. The Bertz CT molecular complexity index is 1040. The molecule has 3 aromatic rings. The Hall–Kier alpha value is -2.59. The van der Waals surface area contributed by atoms with Gasteiger partial charge >= 0.3 is 6.36 Å². The number of thiophene rings is 1. The second-order valence-corrected chi connectivity index (χ2v) is 8.77. The number of hydrogen-bond donors (Lipinski definition) is 0. The lowest BCUT2D eigenvalue weighted by Gasteiger charge is -2.22. The van der Waals surface area contributed by atoms with Crippen LogP contribution in [0.4, 0.5) is 18.2 Å². The normalized spacial score (nSPS) is 12.1. The smallest absolute Gasteiger partial charge is 0.406 e. The van der Waals surface area contributed by atoms with Crippen LogP contribution in [-0.2, 0) is 21.4 Å². The predicted molar refractivity (Wildman–Crippen MR) is 101 cm³/mol. The van der Waals surface area contributed by atoms with E-state index in [4.69, 9.17) is 0 Å². The van der Waals surface area contributed by atoms with Crippen molar-refractivity contribution in [3.63, 3.8) is 0 Å². The van der Waals surface area contributed by atoms with E-state index in [1.807, 2.05) is 24.3 Å². The van der Waals surface area contributed by atoms with E-state index in [1.54, 1.807) is 6.07 Å². The number of benzene rings is 2. The van der Waals surface area contributed by atoms with E-state index < -0.39 is 27.9 Å². The highest BCUT2D eigenvalue weighted by molar-refractivity contribution is 7.93. The Balaban J connectivity index is 1.92. The lowest BCUT2D eigenvalue weighted by atomic mass is 10.2. The second kappa shape index (κ2) is 7.80. The van der Waals surface area contributed by atoms with Crippen molar-refractivity contribution in [1.82, 2.24) is 0 Å². The van der Waals surface area contributed by atoms with Crippen LogP contribution in [0.3, 0.4) is 0 Å². The molecule has 1 aromatic heterocycles. The van der Waals surface area contributed by atoms with Crippen molar-refractivity contribution in [2.24, 2.45) is 0 Å². The summed E-state index contributed by atoms with van der Waals surface area (Å²) in [6.07, 6.45) is -4.51. The maximum atomic E-state index is 12.6. The number of sulfonamides is 1. The van der Waals surface area contributed by atoms with Crippen LogP contribution in [0.2, 0.25) is 0 Å². The summed E-state index contributed by atoms with van der Waals surface area (Å²) in [6, 6.07) is 13.9. The van der Waals surface area contributed by atoms with E-state index in [0.29, 0.717) is 16.9 Å². The number of carbonyl (C=O) groups is 1. The minimum absolute atomic E-state index is 0.130. The third-order valence-electron chi connectivity index (χ3n) is 3.76. The predicted octanol–water partition coefficient (Wildman–Crippen LogP) is 4.34. The molecular formula is C18H14F3NO4S2. The Kier molecular flexibility index (Phi) is 5.61. The molecule has 3 rings (SSSR count). The summed E-state index contributed by atoms with van der Waals surface area (Å²) in [5.74, 6) is -1.10. The lowest BCUT2D eigenvalue weighted by molar-refractivity contribution is -0.274. The van der Waals surface area contributed by atoms with Crippen molar-refractivity contribution in [1.29, 1.82) is 0 Å². The van der Waals surface area contributed by atoms with Crippen LogP contribution in [0, 0.1) is 0 Å². The van der Waals surface area contributed by atoms with E-state index in [2.05, 4.69) is 4.74 Å². The van der Waals surface area contributed by atoms with Gasteiger partial charge in [0.05, 0.1) is 6.54 Å². The quantitative estimate of drug-likeness (QED) is 0.525. The van der Waals surface area contributed by atoms with Crippen molar-refractivity contribution in [2.75, 3.05) is 10.1 Å². The molecule has 0 fully saturated rings. The van der Waals surface area contributed by atoms with Gasteiger partial charge in [-0.2, -0.15) is 0 Å². The minimum Gasteiger partial charge on any atom is -0.406 e. The molecule has 0 aliphatic heterocycles. The molecule has 0 saturated carbocycles. The molecule has 0 amide bonds. The maximum Gasteiger partial charge on any atom is 0.573 e. The molecule has 2 aromatic carbocycles. The van der Waals surface area contributed by atoms with E-state index in [9.17, 15) is 26.4 Å². The SMILES string of the molecule is O=CCS(=O)(=O)N(Cc1ccc(OC(F)(F)F)cc1)c1cc2ccccc2s1. The molecule has 28 heavy (non-hydrogen) atoms. The van der Waals surface area contributed by atoms with E-state index >= 15 is 0 Å². The van der Waals surface area contributed by atoms with Crippen LogP contribution in [0.15, 0.2) is 54.6 Å². The monoisotopic (exact) mass is 429 g/mol. The molecule has 0 unspecified atom stereocenters.